The Morgan fingerprint density at radius 2 is 2.00 bits per heavy atom. The first-order chi connectivity index (χ1) is 9.33. The highest BCUT2D eigenvalue weighted by atomic mass is 15.2. The molecule has 3 atom stereocenters. The molecule has 0 radical (unpaired) electrons. The fourth-order valence-electron chi connectivity index (χ4n) is 4.03. The largest absolute Gasteiger partial charge is 0.312 e. The monoisotopic (exact) mass is 266 g/mol. The minimum atomic E-state index is 0.790. The molecule has 0 aromatic heterocycles. The molecular formula is C17H34N2. The standard InChI is InChI=1S/C17H34N2/c1-3-4-5-6-10-15(2)19-14-8-7-12-17(19)16-11-9-13-18-16/h15-18H,3-14H2,1-2H3. The van der Waals surface area contributed by atoms with Crippen molar-refractivity contribution >= 4 is 0 Å². The van der Waals surface area contributed by atoms with E-state index in [1.54, 1.807) is 0 Å². The van der Waals surface area contributed by atoms with Gasteiger partial charge in [0.1, 0.15) is 0 Å². The smallest absolute Gasteiger partial charge is 0.0252 e. The number of rotatable bonds is 7. The van der Waals surface area contributed by atoms with Crippen LogP contribution < -0.4 is 5.32 Å². The molecule has 112 valence electrons. The van der Waals surface area contributed by atoms with E-state index in [0.29, 0.717) is 0 Å². The summed E-state index contributed by atoms with van der Waals surface area (Å²) in [6, 6.07) is 2.42. The Hall–Kier alpha value is -0.0800. The quantitative estimate of drug-likeness (QED) is 0.702. The average Bonchev–Trinajstić information content (AvgIpc) is 2.97. The molecule has 2 rings (SSSR count). The van der Waals surface area contributed by atoms with Crippen LogP contribution in [0.15, 0.2) is 0 Å². The van der Waals surface area contributed by atoms with Gasteiger partial charge in [-0.05, 0) is 52.1 Å². The highest BCUT2D eigenvalue weighted by molar-refractivity contribution is 4.92. The molecule has 2 aliphatic rings. The van der Waals surface area contributed by atoms with Gasteiger partial charge in [-0.2, -0.15) is 0 Å². The van der Waals surface area contributed by atoms with Crippen molar-refractivity contribution in [3.63, 3.8) is 0 Å². The first-order valence-corrected chi connectivity index (χ1v) is 8.82. The number of hydrogen-bond acceptors (Lipinski definition) is 2. The van der Waals surface area contributed by atoms with Gasteiger partial charge in [0.15, 0.2) is 0 Å². The lowest BCUT2D eigenvalue weighted by Crippen LogP contribution is -2.53. The van der Waals surface area contributed by atoms with Crippen LogP contribution >= 0.6 is 0 Å². The number of likely N-dealkylation sites (tertiary alicyclic amines) is 1. The van der Waals surface area contributed by atoms with Gasteiger partial charge in [-0.3, -0.25) is 4.90 Å². The van der Waals surface area contributed by atoms with Crippen LogP contribution in [0, 0.1) is 0 Å². The zero-order chi connectivity index (χ0) is 13.5. The van der Waals surface area contributed by atoms with E-state index in [-0.39, 0.29) is 0 Å². The van der Waals surface area contributed by atoms with E-state index in [0.717, 1.165) is 18.1 Å². The third kappa shape index (κ3) is 4.46. The topological polar surface area (TPSA) is 15.3 Å². The summed E-state index contributed by atoms with van der Waals surface area (Å²) in [4.78, 5) is 2.85. The molecule has 0 amide bonds. The molecule has 0 saturated carbocycles. The summed E-state index contributed by atoms with van der Waals surface area (Å²) in [5.41, 5.74) is 0. The first kappa shape index (κ1) is 15.3. The molecule has 2 nitrogen and oxygen atoms in total. The zero-order valence-corrected chi connectivity index (χ0v) is 13.2. The third-order valence-electron chi connectivity index (χ3n) is 5.20. The highest BCUT2D eigenvalue weighted by Crippen LogP contribution is 2.27. The van der Waals surface area contributed by atoms with E-state index in [1.165, 1.54) is 77.3 Å². The van der Waals surface area contributed by atoms with E-state index in [4.69, 9.17) is 0 Å². The van der Waals surface area contributed by atoms with Crippen molar-refractivity contribution in [2.75, 3.05) is 13.1 Å². The molecule has 0 aromatic carbocycles. The van der Waals surface area contributed by atoms with Crippen molar-refractivity contribution in [3.05, 3.63) is 0 Å². The predicted octanol–water partition coefficient (Wildman–Crippen LogP) is 3.95. The second kappa shape index (κ2) is 8.26. The van der Waals surface area contributed by atoms with Crippen LogP contribution in [0.4, 0.5) is 0 Å². The summed E-state index contributed by atoms with van der Waals surface area (Å²) in [7, 11) is 0. The Labute approximate surface area is 120 Å². The Balaban J connectivity index is 1.80. The summed E-state index contributed by atoms with van der Waals surface area (Å²) < 4.78 is 0. The SMILES string of the molecule is CCCCCCC(C)N1CCCCC1C1CCCN1. The normalized spacial score (nSPS) is 30.6. The van der Waals surface area contributed by atoms with Crippen LogP contribution in [0.1, 0.15) is 78.1 Å². The molecule has 2 heterocycles. The fraction of sp³-hybridized carbons (Fsp3) is 1.00. The minimum absolute atomic E-state index is 0.790. The second-order valence-electron chi connectivity index (χ2n) is 6.70. The lowest BCUT2D eigenvalue weighted by Gasteiger charge is -2.43. The number of piperidine rings is 1. The molecule has 0 spiro atoms. The van der Waals surface area contributed by atoms with Gasteiger partial charge in [-0.25, -0.2) is 0 Å². The lowest BCUT2D eigenvalue weighted by molar-refractivity contribution is 0.0753. The molecule has 2 fully saturated rings. The Morgan fingerprint density at radius 1 is 1.11 bits per heavy atom. The van der Waals surface area contributed by atoms with Gasteiger partial charge >= 0.3 is 0 Å². The maximum absolute atomic E-state index is 3.75. The van der Waals surface area contributed by atoms with Gasteiger partial charge in [-0.1, -0.05) is 39.0 Å². The van der Waals surface area contributed by atoms with E-state index in [9.17, 15) is 0 Å². The number of hydrogen-bond donors (Lipinski definition) is 1. The Kier molecular flexibility index (Phi) is 6.66. The van der Waals surface area contributed by atoms with Gasteiger partial charge in [0.25, 0.3) is 0 Å². The predicted molar refractivity (Wildman–Crippen MR) is 83.6 cm³/mol. The van der Waals surface area contributed by atoms with Crippen LogP contribution in [0.25, 0.3) is 0 Å². The second-order valence-corrected chi connectivity index (χ2v) is 6.70. The van der Waals surface area contributed by atoms with Crippen molar-refractivity contribution in [2.45, 2.75) is 96.2 Å². The van der Waals surface area contributed by atoms with Crippen LogP contribution in [0.2, 0.25) is 0 Å². The Bertz CT molecular complexity index is 235. The maximum atomic E-state index is 3.75. The summed E-state index contributed by atoms with van der Waals surface area (Å²) in [6.45, 7) is 7.37. The molecular weight excluding hydrogens is 232 g/mol. The van der Waals surface area contributed by atoms with Crippen molar-refractivity contribution in [1.29, 1.82) is 0 Å². The summed E-state index contributed by atoms with van der Waals surface area (Å²) >= 11 is 0. The van der Waals surface area contributed by atoms with Crippen molar-refractivity contribution in [1.82, 2.24) is 10.2 Å². The number of unbranched alkanes of at least 4 members (excludes halogenated alkanes) is 3. The van der Waals surface area contributed by atoms with Crippen LogP contribution in [0.5, 0.6) is 0 Å². The minimum Gasteiger partial charge on any atom is -0.312 e. The van der Waals surface area contributed by atoms with E-state index >= 15 is 0 Å². The Morgan fingerprint density at radius 3 is 2.74 bits per heavy atom. The summed E-state index contributed by atoms with van der Waals surface area (Å²) in [5, 5.41) is 3.75. The van der Waals surface area contributed by atoms with Crippen LogP contribution in [-0.4, -0.2) is 36.1 Å². The van der Waals surface area contributed by atoms with Crippen molar-refractivity contribution < 1.29 is 0 Å². The summed E-state index contributed by atoms with van der Waals surface area (Å²) in [5.74, 6) is 0. The van der Waals surface area contributed by atoms with E-state index < -0.39 is 0 Å². The molecule has 3 unspecified atom stereocenters. The fourth-order valence-corrected chi connectivity index (χ4v) is 4.03. The maximum Gasteiger partial charge on any atom is 0.0252 e. The van der Waals surface area contributed by atoms with Crippen molar-refractivity contribution in [3.8, 4) is 0 Å². The first-order valence-electron chi connectivity index (χ1n) is 8.82. The van der Waals surface area contributed by atoms with Gasteiger partial charge in [0.05, 0.1) is 0 Å². The van der Waals surface area contributed by atoms with Gasteiger partial charge in [0, 0.05) is 18.1 Å². The molecule has 0 bridgehead atoms. The number of nitrogens with zero attached hydrogens (tertiary/aromatic N) is 1. The van der Waals surface area contributed by atoms with Crippen molar-refractivity contribution in [2.24, 2.45) is 0 Å². The third-order valence-corrected chi connectivity index (χ3v) is 5.20. The molecule has 2 heteroatoms. The summed E-state index contributed by atoms with van der Waals surface area (Å²) in [6.07, 6.45) is 14.1. The molecule has 2 saturated heterocycles. The highest BCUT2D eigenvalue weighted by Gasteiger charge is 2.33. The molecule has 19 heavy (non-hydrogen) atoms. The number of nitrogens with one attached hydrogen (secondary N) is 1. The van der Waals surface area contributed by atoms with Crippen LogP contribution in [-0.2, 0) is 0 Å². The zero-order valence-electron chi connectivity index (χ0n) is 13.2. The average molecular weight is 266 g/mol. The van der Waals surface area contributed by atoms with Crippen LogP contribution in [0.3, 0.4) is 0 Å². The van der Waals surface area contributed by atoms with E-state index in [2.05, 4.69) is 24.1 Å². The van der Waals surface area contributed by atoms with E-state index in [1.807, 2.05) is 0 Å². The van der Waals surface area contributed by atoms with Gasteiger partial charge in [-0.15, -0.1) is 0 Å². The lowest BCUT2D eigenvalue weighted by atomic mass is 9.92. The molecule has 1 N–H and O–H groups in total. The molecule has 0 aromatic rings. The molecule has 2 aliphatic heterocycles. The van der Waals surface area contributed by atoms with Gasteiger partial charge < -0.3 is 5.32 Å². The molecule has 0 aliphatic carbocycles. The van der Waals surface area contributed by atoms with Gasteiger partial charge in [0.2, 0.25) is 0 Å².